The Hall–Kier alpha value is -2.07. The largest absolute Gasteiger partial charge is 0.370 e. The summed E-state index contributed by atoms with van der Waals surface area (Å²) in [6.45, 7) is 11.1. The summed E-state index contributed by atoms with van der Waals surface area (Å²) in [4.78, 5) is 20.4. The van der Waals surface area contributed by atoms with Gasteiger partial charge >= 0.3 is 0 Å². The van der Waals surface area contributed by atoms with Gasteiger partial charge in [0.1, 0.15) is 0 Å². The van der Waals surface area contributed by atoms with Crippen molar-refractivity contribution in [3.8, 4) is 0 Å². The zero-order valence-corrected chi connectivity index (χ0v) is 17.9. The number of nitrogens with zero attached hydrogens (tertiary/aromatic N) is 3. The number of amides is 1. The molecule has 4 nitrogen and oxygen atoms in total. The van der Waals surface area contributed by atoms with Crippen LogP contribution in [0.3, 0.4) is 0 Å². The highest BCUT2D eigenvalue weighted by molar-refractivity contribution is 6.26. The first-order chi connectivity index (χ1) is 14.1. The molecule has 2 heterocycles. The number of hydrogen-bond acceptors (Lipinski definition) is 3. The van der Waals surface area contributed by atoms with E-state index in [0.29, 0.717) is 11.8 Å². The molecule has 0 unspecified atom stereocenters. The average Bonchev–Trinajstić information content (AvgIpc) is 2.81. The molecule has 0 aromatic heterocycles. The van der Waals surface area contributed by atoms with Crippen molar-refractivity contribution in [1.82, 2.24) is 4.90 Å². The van der Waals surface area contributed by atoms with E-state index in [9.17, 15) is 4.79 Å². The van der Waals surface area contributed by atoms with Crippen LogP contribution in [-0.2, 0) is 0 Å². The predicted molar refractivity (Wildman–Crippen MR) is 121 cm³/mol. The minimum absolute atomic E-state index is 0.202. The molecule has 0 atom stereocenters. The summed E-state index contributed by atoms with van der Waals surface area (Å²) in [5, 5.41) is 2.43. The van der Waals surface area contributed by atoms with Gasteiger partial charge in [0.15, 0.2) is 0 Å². The Morgan fingerprint density at radius 3 is 2.55 bits per heavy atom. The summed E-state index contributed by atoms with van der Waals surface area (Å²) in [5.74, 6) is 1.60. The highest BCUT2D eigenvalue weighted by Gasteiger charge is 2.33. The van der Waals surface area contributed by atoms with Crippen molar-refractivity contribution in [1.29, 1.82) is 0 Å². The van der Waals surface area contributed by atoms with E-state index in [1.165, 1.54) is 55.2 Å². The van der Waals surface area contributed by atoms with E-state index in [0.717, 1.165) is 37.4 Å². The van der Waals surface area contributed by atoms with Crippen molar-refractivity contribution in [2.75, 3.05) is 49.1 Å². The second kappa shape index (κ2) is 7.64. The number of carbonyl (C=O) groups is 1. The van der Waals surface area contributed by atoms with Crippen LogP contribution in [0, 0.1) is 11.8 Å². The molecule has 1 saturated heterocycles. The number of hydrogen-bond donors (Lipinski definition) is 0. The Balaban J connectivity index is 1.46. The van der Waals surface area contributed by atoms with Crippen LogP contribution in [-0.4, -0.2) is 50.1 Å². The molecule has 3 aliphatic rings. The van der Waals surface area contributed by atoms with Gasteiger partial charge in [0.2, 0.25) is 0 Å². The van der Waals surface area contributed by atoms with Gasteiger partial charge in [0, 0.05) is 54.7 Å². The molecular weight excluding hydrogens is 358 g/mol. The van der Waals surface area contributed by atoms with Gasteiger partial charge in [-0.05, 0) is 55.8 Å². The van der Waals surface area contributed by atoms with Crippen molar-refractivity contribution in [2.45, 2.75) is 39.5 Å². The van der Waals surface area contributed by atoms with Crippen molar-refractivity contribution in [3.05, 3.63) is 35.9 Å². The Bertz CT molecular complexity index is 918. The maximum Gasteiger partial charge on any atom is 0.259 e. The third-order valence-corrected chi connectivity index (χ3v) is 6.98. The zero-order chi connectivity index (χ0) is 20.0. The van der Waals surface area contributed by atoms with Gasteiger partial charge < -0.3 is 14.7 Å². The summed E-state index contributed by atoms with van der Waals surface area (Å²) in [6.07, 6.45) is 5.04. The minimum Gasteiger partial charge on any atom is -0.370 e. The first-order valence-electron chi connectivity index (χ1n) is 11.5. The fourth-order valence-electron chi connectivity index (χ4n) is 5.33. The highest BCUT2D eigenvalue weighted by Crippen LogP contribution is 2.43. The van der Waals surface area contributed by atoms with Gasteiger partial charge in [0.05, 0.1) is 5.69 Å². The maximum atomic E-state index is 13.1. The van der Waals surface area contributed by atoms with E-state index in [1.54, 1.807) is 0 Å². The first-order valence-corrected chi connectivity index (χ1v) is 11.5. The third kappa shape index (κ3) is 3.42. The van der Waals surface area contributed by atoms with Gasteiger partial charge in [-0.1, -0.05) is 32.4 Å². The molecule has 0 radical (unpaired) electrons. The summed E-state index contributed by atoms with van der Waals surface area (Å²) in [5.41, 5.74) is 3.33. The topological polar surface area (TPSA) is 26.8 Å². The average molecular weight is 392 g/mol. The van der Waals surface area contributed by atoms with E-state index in [2.05, 4.69) is 52.8 Å². The summed E-state index contributed by atoms with van der Waals surface area (Å²) >= 11 is 0. The van der Waals surface area contributed by atoms with E-state index >= 15 is 0 Å². The van der Waals surface area contributed by atoms with Gasteiger partial charge in [-0.25, -0.2) is 0 Å². The molecular formula is C25H33N3O. The van der Waals surface area contributed by atoms with Gasteiger partial charge in [0.25, 0.3) is 5.91 Å². The van der Waals surface area contributed by atoms with Crippen LogP contribution in [0.5, 0.6) is 0 Å². The van der Waals surface area contributed by atoms with Gasteiger partial charge in [-0.3, -0.25) is 4.79 Å². The fraction of sp³-hybridized carbons (Fsp3) is 0.560. The zero-order valence-electron chi connectivity index (χ0n) is 17.9. The van der Waals surface area contributed by atoms with Crippen LogP contribution >= 0.6 is 0 Å². The molecule has 0 N–H and O–H groups in total. The minimum atomic E-state index is 0.202. The summed E-state index contributed by atoms with van der Waals surface area (Å²) < 4.78 is 0. The second-order valence-corrected chi connectivity index (χ2v) is 9.58. The Morgan fingerprint density at radius 2 is 1.79 bits per heavy atom. The molecule has 2 fully saturated rings. The predicted octanol–water partition coefficient (Wildman–Crippen LogP) is 4.77. The lowest BCUT2D eigenvalue weighted by Crippen LogP contribution is -2.34. The number of rotatable bonds is 5. The Morgan fingerprint density at radius 1 is 0.966 bits per heavy atom. The van der Waals surface area contributed by atoms with Crippen molar-refractivity contribution in [2.24, 2.45) is 11.8 Å². The quantitative estimate of drug-likeness (QED) is 0.735. The molecule has 5 rings (SSSR count). The van der Waals surface area contributed by atoms with Gasteiger partial charge in [-0.2, -0.15) is 0 Å². The molecule has 4 heteroatoms. The molecule has 0 bridgehead atoms. The Kier molecular flexibility index (Phi) is 4.99. The lowest BCUT2D eigenvalue weighted by molar-refractivity contribution is 0.0984. The third-order valence-electron chi connectivity index (χ3n) is 6.98. The molecule has 1 saturated carbocycles. The normalized spacial score (nSPS) is 20.6. The van der Waals surface area contributed by atoms with E-state index in [4.69, 9.17) is 0 Å². The van der Waals surface area contributed by atoms with Crippen molar-refractivity contribution >= 4 is 28.1 Å². The number of benzene rings is 2. The van der Waals surface area contributed by atoms with Crippen molar-refractivity contribution in [3.63, 3.8) is 0 Å². The first kappa shape index (κ1) is 18.9. The number of anilines is 2. The Labute approximate surface area is 174 Å². The SMILES string of the molecule is CC(C)CN1CCCN(c2ccc3c4c(cccc24)C(=O)N3CC2CCC2)CC1. The lowest BCUT2D eigenvalue weighted by Gasteiger charge is -2.31. The van der Waals surface area contributed by atoms with E-state index in [-0.39, 0.29) is 5.91 Å². The van der Waals surface area contributed by atoms with Crippen molar-refractivity contribution < 1.29 is 4.79 Å². The van der Waals surface area contributed by atoms with Crippen LogP contribution in [0.25, 0.3) is 10.8 Å². The molecule has 29 heavy (non-hydrogen) atoms. The van der Waals surface area contributed by atoms with Crippen LogP contribution in [0.4, 0.5) is 11.4 Å². The highest BCUT2D eigenvalue weighted by atomic mass is 16.2. The summed E-state index contributed by atoms with van der Waals surface area (Å²) in [6, 6.07) is 10.8. The maximum absolute atomic E-state index is 13.1. The monoisotopic (exact) mass is 391 g/mol. The van der Waals surface area contributed by atoms with Gasteiger partial charge in [-0.15, -0.1) is 0 Å². The second-order valence-electron chi connectivity index (χ2n) is 9.58. The van der Waals surface area contributed by atoms with E-state index in [1.807, 2.05) is 6.07 Å². The molecule has 2 aromatic carbocycles. The molecule has 2 aromatic rings. The number of carbonyl (C=O) groups excluding carboxylic acids is 1. The molecule has 2 aliphatic heterocycles. The van der Waals surface area contributed by atoms with Crippen LogP contribution in [0.1, 0.15) is 49.9 Å². The van der Waals surface area contributed by atoms with Crippen LogP contribution in [0.15, 0.2) is 30.3 Å². The molecule has 1 amide bonds. The summed E-state index contributed by atoms with van der Waals surface area (Å²) in [7, 11) is 0. The molecule has 154 valence electrons. The van der Waals surface area contributed by atoms with Crippen LogP contribution in [0.2, 0.25) is 0 Å². The smallest absolute Gasteiger partial charge is 0.259 e. The lowest BCUT2D eigenvalue weighted by atomic mass is 9.85. The molecule has 1 aliphatic carbocycles. The molecule has 0 spiro atoms. The van der Waals surface area contributed by atoms with Crippen LogP contribution < -0.4 is 9.80 Å². The standard InChI is InChI=1S/C25H33N3O/c1-18(2)16-26-12-5-13-27(15-14-26)22-10-11-23-24-20(22)8-4-9-21(24)25(29)28(23)17-19-6-3-7-19/h4,8-11,18-19H,3,5-7,12-17H2,1-2H3. The fourth-order valence-corrected chi connectivity index (χ4v) is 5.33. The van der Waals surface area contributed by atoms with E-state index < -0.39 is 0 Å².